The molecular formula is C19H30O5. The molecule has 0 heterocycles. The van der Waals surface area contributed by atoms with Crippen LogP contribution in [0.25, 0.3) is 0 Å². The summed E-state index contributed by atoms with van der Waals surface area (Å²) in [5.74, 6) is -1.06. The van der Waals surface area contributed by atoms with Crippen molar-refractivity contribution in [1.29, 1.82) is 0 Å². The second-order valence-electron chi connectivity index (χ2n) is 6.68. The van der Waals surface area contributed by atoms with Crippen molar-refractivity contribution in [2.45, 2.75) is 52.4 Å². The van der Waals surface area contributed by atoms with Crippen LogP contribution in [0, 0.1) is 5.92 Å². The predicted molar refractivity (Wildman–Crippen MR) is 92.5 cm³/mol. The van der Waals surface area contributed by atoms with E-state index in [0.29, 0.717) is 19.6 Å². The third kappa shape index (κ3) is 8.43. The Balaban J connectivity index is 2.49. The van der Waals surface area contributed by atoms with Gasteiger partial charge in [0.15, 0.2) is 0 Å². The first-order valence-corrected chi connectivity index (χ1v) is 8.44. The Morgan fingerprint density at radius 3 is 2.46 bits per heavy atom. The van der Waals surface area contributed by atoms with Crippen molar-refractivity contribution in [3.8, 4) is 0 Å². The van der Waals surface area contributed by atoms with Crippen molar-refractivity contribution in [3.63, 3.8) is 0 Å². The Hall–Kier alpha value is -1.43. The van der Waals surface area contributed by atoms with Crippen LogP contribution in [0.4, 0.5) is 0 Å². The van der Waals surface area contributed by atoms with Gasteiger partial charge in [-0.15, -0.1) is 0 Å². The summed E-state index contributed by atoms with van der Waals surface area (Å²) in [7, 11) is 0. The fourth-order valence-electron chi connectivity index (χ4n) is 2.20. The Bertz CT molecular complexity index is 466. The molecule has 0 bridgehead atoms. The zero-order valence-corrected chi connectivity index (χ0v) is 15.2. The van der Waals surface area contributed by atoms with Crippen molar-refractivity contribution in [1.82, 2.24) is 0 Å². The van der Waals surface area contributed by atoms with Crippen molar-refractivity contribution < 1.29 is 24.1 Å². The van der Waals surface area contributed by atoms with Crippen molar-refractivity contribution in [2.24, 2.45) is 5.92 Å². The first-order chi connectivity index (χ1) is 11.3. The van der Waals surface area contributed by atoms with Gasteiger partial charge in [-0.25, -0.2) is 0 Å². The summed E-state index contributed by atoms with van der Waals surface area (Å²) in [6.07, 6.45) is -0.525. The highest BCUT2D eigenvalue weighted by Gasteiger charge is 2.28. The predicted octanol–water partition coefficient (Wildman–Crippen LogP) is 2.95. The second-order valence-corrected chi connectivity index (χ2v) is 6.68. The normalized spacial score (nSPS) is 14.2. The van der Waals surface area contributed by atoms with Gasteiger partial charge in [-0.2, -0.15) is 0 Å². The van der Waals surface area contributed by atoms with Gasteiger partial charge in [-0.1, -0.05) is 30.3 Å². The van der Waals surface area contributed by atoms with E-state index in [0.717, 1.165) is 5.56 Å². The summed E-state index contributed by atoms with van der Waals surface area (Å²) in [4.78, 5) is 12.1. The van der Waals surface area contributed by atoms with Gasteiger partial charge in [0.1, 0.15) is 0 Å². The Kier molecular flexibility index (Phi) is 8.97. The van der Waals surface area contributed by atoms with Gasteiger partial charge >= 0.3 is 5.97 Å². The number of rotatable bonds is 10. The molecule has 1 rings (SSSR count). The highest BCUT2D eigenvalue weighted by Crippen LogP contribution is 2.16. The Morgan fingerprint density at radius 2 is 1.88 bits per heavy atom. The summed E-state index contributed by atoms with van der Waals surface area (Å²) in [6, 6.07) is 9.70. The molecule has 0 amide bonds. The van der Waals surface area contributed by atoms with Gasteiger partial charge in [0, 0.05) is 6.61 Å². The molecule has 0 aliphatic heterocycles. The minimum absolute atomic E-state index is 0.0773. The van der Waals surface area contributed by atoms with Crippen LogP contribution in [0.5, 0.6) is 0 Å². The molecule has 0 aliphatic rings. The van der Waals surface area contributed by atoms with Crippen molar-refractivity contribution in [2.75, 3.05) is 19.8 Å². The molecule has 0 spiro atoms. The van der Waals surface area contributed by atoms with E-state index in [1.165, 1.54) is 0 Å². The fraction of sp³-hybridized carbons (Fsp3) is 0.632. The molecule has 0 aromatic heterocycles. The van der Waals surface area contributed by atoms with Crippen molar-refractivity contribution >= 4 is 5.97 Å². The maximum Gasteiger partial charge on any atom is 0.311 e. The van der Waals surface area contributed by atoms with Crippen LogP contribution in [-0.4, -0.2) is 42.6 Å². The van der Waals surface area contributed by atoms with E-state index in [4.69, 9.17) is 14.2 Å². The van der Waals surface area contributed by atoms with Gasteiger partial charge < -0.3 is 19.3 Å². The number of carbonyl (C=O) groups is 1. The zero-order valence-electron chi connectivity index (χ0n) is 15.2. The molecule has 5 heteroatoms. The molecule has 0 saturated heterocycles. The summed E-state index contributed by atoms with van der Waals surface area (Å²) in [5, 5.41) is 10.3. The quantitative estimate of drug-likeness (QED) is 0.665. The van der Waals surface area contributed by atoms with E-state index >= 15 is 0 Å². The van der Waals surface area contributed by atoms with E-state index in [-0.39, 0.29) is 18.8 Å². The van der Waals surface area contributed by atoms with Crippen LogP contribution >= 0.6 is 0 Å². The fourth-order valence-corrected chi connectivity index (χ4v) is 2.20. The largest absolute Gasteiger partial charge is 0.466 e. The van der Waals surface area contributed by atoms with E-state index in [1.807, 2.05) is 51.1 Å². The first kappa shape index (κ1) is 20.6. The smallest absolute Gasteiger partial charge is 0.311 e. The monoisotopic (exact) mass is 338 g/mol. The van der Waals surface area contributed by atoms with Crippen LogP contribution < -0.4 is 0 Å². The number of aliphatic hydroxyl groups excluding tert-OH is 1. The lowest BCUT2D eigenvalue weighted by Crippen LogP contribution is -2.35. The second kappa shape index (κ2) is 10.4. The minimum atomic E-state index is -0.920. The molecule has 24 heavy (non-hydrogen) atoms. The molecule has 0 saturated carbocycles. The van der Waals surface area contributed by atoms with Crippen LogP contribution in [0.3, 0.4) is 0 Å². The maximum absolute atomic E-state index is 12.1. The molecule has 2 atom stereocenters. The Morgan fingerprint density at radius 1 is 1.21 bits per heavy atom. The average molecular weight is 338 g/mol. The molecule has 0 unspecified atom stereocenters. The summed E-state index contributed by atoms with van der Waals surface area (Å²) >= 11 is 0. The lowest BCUT2D eigenvalue weighted by Gasteiger charge is -2.24. The van der Waals surface area contributed by atoms with Gasteiger partial charge in [0.2, 0.25) is 0 Å². The van der Waals surface area contributed by atoms with Crippen LogP contribution in [0.1, 0.15) is 39.7 Å². The minimum Gasteiger partial charge on any atom is -0.466 e. The van der Waals surface area contributed by atoms with Crippen molar-refractivity contribution in [3.05, 3.63) is 35.9 Å². The lowest BCUT2D eigenvalue weighted by atomic mass is 9.99. The van der Waals surface area contributed by atoms with Crippen LogP contribution in [0.2, 0.25) is 0 Å². The number of hydrogen-bond donors (Lipinski definition) is 1. The first-order valence-electron chi connectivity index (χ1n) is 8.44. The number of carbonyl (C=O) groups excluding carboxylic acids is 1. The molecule has 136 valence electrons. The average Bonchev–Trinajstić information content (AvgIpc) is 2.51. The topological polar surface area (TPSA) is 65.0 Å². The number of aliphatic hydroxyl groups is 1. The van der Waals surface area contributed by atoms with E-state index in [9.17, 15) is 9.90 Å². The zero-order chi connectivity index (χ0) is 18.0. The Labute approximate surface area is 144 Å². The molecule has 1 N–H and O–H groups in total. The van der Waals surface area contributed by atoms with Gasteiger partial charge in [0.25, 0.3) is 0 Å². The molecule has 0 fully saturated rings. The van der Waals surface area contributed by atoms with Gasteiger partial charge in [-0.3, -0.25) is 4.79 Å². The standard InChI is InChI=1S/C19H30O5/c1-5-23-18(21)16(11-12-24-19(2,3)4)17(20)14-22-13-15-9-7-6-8-10-15/h6-10,16-17,20H,5,11-14H2,1-4H3/t16-,17-/m0/s1. The molecule has 0 radical (unpaired) electrons. The highest BCUT2D eigenvalue weighted by molar-refractivity contribution is 5.73. The van der Waals surface area contributed by atoms with Gasteiger partial charge in [0.05, 0.1) is 37.4 Å². The van der Waals surface area contributed by atoms with Crippen LogP contribution in [-0.2, 0) is 25.6 Å². The molecule has 1 aromatic carbocycles. The third-order valence-electron chi connectivity index (χ3n) is 3.42. The maximum atomic E-state index is 12.1. The third-order valence-corrected chi connectivity index (χ3v) is 3.42. The van der Waals surface area contributed by atoms with E-state index in [1.54, 1.807) is 6.92 Å². The van der Waals surface area contributed by atoms with E-state index in [2.05, 4.69) is 0 Å². The summed E-state index contributed by atoms with van der Waals surface area (Å²) < 4.78 is 16.3. The number of benzene rings is 1. The molecule has 1 aromatic rings. The highest BCUT2D eigenvalue weighted by atomic mass is 16.5. The van der Waals surface area contributed by atoms with Gasteiger partial charge in [-0.05, 0) is 39.7 Å². The summed E-state index contributed by atoms with van der Waals surface area (Å²) in [6.45, 7) is 8.73. The number of hydrogen-bond acceptors (Lipinski definition) is 5. The molecule has 5 nitrogen and oxygen atoms in total. The number of esters is 1. The molecule has 0 aliphatic carbocycles. The summed E-state index contributed by atoms with van der Waals surface area (Å²) in [5.41, 5.74) is 0.738. The SMILES string of the molecule is CCOC(=O)[C@@H](CCOC(C)(C)C)[C@@H](O)COCc1ccccc1. The van der Waals surface area contributed by atoms with Crippen LogP contribution in [0.15, 0.2) is 30.3 Å². The number of ether oxygens (including phenoxy) is 3. The molecular weight excluding hydrogens is 308 g/mol. The van der Waals surface area contributed by atoms with E-state index < -0.39 is 18.0 Å². The lowest BCUT2D eigenvalue weighted by molar-refractivity contribution is -0.155.